The molecule has 0 bridgehead atoms. The van der Waals surface area contributed by atoms with E-state index in [9.17, 15) is 0 Å². The van der Waals surface area contributed by atoms with E-state index in [-0.39, 0.29) is 0 Å². The molecule has 242 valence electrons. The minimum Gasteiger partial charge on any atom is -0.456 e. The summed E-state index contributed by atoms with van der Waals surface area (Å²) in [5.74, 6) is 0.678. The Kier molecular flexibility index (Phi) is 6.22. The molecule has 3 aromatic heterocycles. The molecule has 11 aromatic rings. The van der Waals surface area contributed by atoms with Crippen molar-refractivity contribution in [1.82, 2.24) is 14.5 Å². The van der Waals surface area contributed by atoms with Gasteiger partial charge in [0, 0.05) is 38.4 Å². The van der Waals surface area contributed by atoms with E-state index in [1.807, 2.05) is 6.07 Å². The molecule has 4 nitrogen and oxygen atoms in total. The molecule has 0 radical (unpaired) electrons. The first-order valence-corrected chi connectivity index (χ1v) is 17.6. The Balaban J connectivity index is 1.12. The van der Waals surface area contributed by atoms with Crippen LogP contribution in [0.2, 0.25) is 0 Å². The number of para-hydroxylation sites is 2. The van der Waals surface area contributed by atoms with Crippen molar-refractivity contribution in [1.29, 1.82) is 0 Å². The van der Waals surface area contributed by atoms with Crippen molar-refractivity contribution in [3.05, 3.63) is 176 Å². The summed E-state index contributed by atoms with van der Waals surface area (Å²) in [5, 5.41) is 7.83. The van der Waals surface area contributed by atoms with Crippen molar-refractivity contribution in [3.8, 4) is 39.5 Å². The predicted molar refractivity (Wildman–Crippen MR) is 215 cm³/mol. The molecular formula is C48H29N3O. The lowest BCUT2D eigenvalue weighted by Crippen LogP contribution is -1.96. The van der Waals surface area contributed by atoms with Gasteiger partial charge in [0.2, 0.25) is 0 Å². The van der Waals surface area contributed by atoms with Crippen LogP contribution >= 0.6 is 0 Å². The fourth-order valence-corrected chi connectivity index (χ4v) is 7.93. The van der Waals surface area contributed by atoms with E-state index in [0.717, 1.165) is 71.9 Å². The second-order valence-corrected chi connectivity index (χ2v) is 13.4. The summed E-state index contributed by atoms with van der Waals surface area (Å²) < 4.78 is 8.82. The van der Waals surface area contributed by atoms with Gasteiger partial charge in [0.25, 0.3) is 0 Å². The second kappa shape index (κ2) is 11.2. The molecule has 0 saturated heterocycles. The van der Waals surface area contributed by atoms with Gasteiger partial charge in [-0.05, 0) is 82.6 Å². The summed E-state index contributed by atoms with van der Waals surface area (Å²) in [6.07, 6.45) is 0. The molecule has 0 fully saturated rings. The highest BCUT2D eigenvalue weighted by Crippen LogP contribution is 2.40. The van der Waals surface area contributed by atoms with Crippen molar-refractivity contribution in [3.63, 3.8) is 0 Å². The van der Waals surface area contributed by atoms with E-state index in [1.54, 1.807) is 0 Å². The van der Waals surface area contributed by atoms with E-state index in [1.165, 1.54) is 27.2 Å². The Morgan fingerprint density at radius 1 is 0.404 bits per heavy atom. The van der Waals surface area contributed by atoms with Gasteiger partial charge in [-0.2, -0.15) is 0 Å². The first kappa shape index (κ1) is 28.8. The molecule has 0 spiro atoms. The topological polar surface area (TPSA) is 43.9 Å². The van der Waals surface area contributed by atoms with Crippen LogP contribution in [0.5, 0.6) is 0 Å². The van der Waals surface area contributed by atoms with Gasteiger partial charge >= 0.3 is 0 Å². The summed E-state index contributed by atoms with van der Waals surface area (Å²) in [6.45, 7) is 0. The molecule has 0 atom stereocenters. The molecule has 0 aliphatic rings. The normalized spacial score (nSPS) is 11.8. The van der Waals surface area contributed by atoms with Crippen LogP contribution in [0.4, 0.5) is 0 Å². The van der Waals surface area contributed by atoms with Crippen LogP contribution in [0, 0.1) is 0 Å². The maximum absolute atomic E-state index is 6.47. The zero-order valence-electron chi connectivity index (χ0n) is 28.0. The summed E-state index contributed by atoms with van der Waals surface area (Å²) in [4.78, 5) is 10.6. The lowest BCUT2D eigenvalue weighted by Gasteiger charge is -2.11. The zero-order valence-corrected chi connectivity index (χ0v) is 28.0. The van der Waals surface area contributed by atoms with Gasteiger partial charge in [0.15, 0.2) is 5.82 Å². The highest BCUT2D eigenvalue weighted by molar-refractivity contribution is 6.21. The lowest BCUT2D eigenvalue weighted by atomic mass is 9.99. The minimum atomic E-state index is 0.678. The third kappa shape index (κ3) is 4.41. The second-order valence-electron chi connectivity index (χ2n) is 13.4. The van der Waals surface area contributed by atoms with Crippen LogP contribution in [0.1, 0.15) is 0 Å². The monoisotopic (exact) mass is 663 g/mol. The lowest BCUT2D eigenvalue weighted by molar-refractivity contribution is 0.669. The minimum absolute atomic E-state index is 0.678. The molecule has 3 heterocycles. The van der Waals surface area contributed by atoms with Gasteiger partial charge in [-0.1, -0.05) is 115 Å². The van der Waals surface area contributed by atoms with E-state index >= 15 is 0 Å². The Hall–Kier alpha value is -7.04. The van der Waals surface area contributed by atoms with E-state index in [2.05, 4.69) is 174 Å². The number of fused-ring (bicyclic) bond motifs is 9. The fraction of sp³-hybridized carbons (Fsp3) is 0. The van der Waals surface area contributed by atoms with Crippen LogP contribution in [0.25, 0.3) is 105 Å². The van der Waals surface area contributed by atoms with Crippen LogP contribution in [0.15, 0.2) is 180 Å². The van der Waals surface area contributed by atoms with Crippen molar-refractivity contribution in [2.75, 3.05) is 0 Å². The SMILES string of the molecule is c1ccc(-c2nc(-c3cccc(-c4ccc5c(c4)c4ccccc4n5-c4ccccc4)c3)nc3c2ccc2oc4cc5ccccc5cc4c23)cc1. The zero-order chi connectivity index (χ0) is 34.2. The van der Waals surface area contributed by atoms with Crippen LogP contribution in [0.3, 0.4) is 0 Å². The first-order chi connectivity index (χ1) is 25.8. The van der Waals surface area contributed by atoms with E-state index in [4.69, 9.17) is 14.4 Å². The molecule has 8 aromatic carbocycles. The maximum atomic E-state index is 6.47. The maximum Gasteiger partial charge on any atom is 0.160 e. The standard InChI is InChI=1S/C48H29N3O/c1-3-12-30(13-4-1)46-38-23-25-43-45(40-28-32-14-7-8-15-33(32)29-44(40)52-43)47(38)50-48(49-46)35-17-11-16-31(26-35)34-22-24-42-39(27-34)37-20-9-10-21-41(37)51(42)36-18-5-2-6-19-36/h1-29H. The van der Waals surface area contributed by atoms with Crippen molar-refractivity contribution < 1.29 is 4.42 Å². The van der Waals surface area contributed by atoms with Crippen LogP contribution in [-0.4, -0.2) is 14.5 Å². The number of hydrogen-bond donors (Lipinski definition) is 0. The average Bonchev–Trinajstić information content (AvgIpc) is 3.75. The number of nitrogens with zero attached hydrogens (tertiary/aromatic N) is 3. The highest BCUT2D eigenvalue weighted by Gasteiger charge is 2.19. The molecule has 52 heavy (non-hydrogen) atoms. The molecule has 0 N–H and O–H groups in total. The highest BCUT2D eigenvalue weighted by atomic mass is 16.3. The predicted octanol–water partition coefficient (Wildman–Crippen LogP) is 12.8. The Labute approximate surface area is 298 Å². The molecule has 0 aliphatic carbocycles. The first-order valence-electron chi connectivity index (χ1n) is 17.6. The number of furan rings is 1. The molecular weight excluding hydrogens is 635 g/mol. The molecule has 4 heteroatoms. The van der Waals surface area contributed by atoms with Crippen LogP contribution < -0.4 is 0 Å². The van der Waals surface area contributed by atoms with Gasteiger partial charge in [0.1, 0.15) is 11.2 Å². The summed E-state index contributed by atoms with van der Waals surface area (Å²) in [6, 6.07) is 62.0. The summed E-state index contributed by atoms with van der Waals surface area (Å²) in [5.41, 5.74) is 11.2. The molecule has 0 aliphatic heterocycles. The quantitative estimate of drug-likeness (QED) is 0.188. The Morgan fingerprint density at radius 2 is 1.10 bits per heavy atom. The van der Waals surface area contributed by atoms with E-state index in [0.29, 0.717) is 5.82 Å². The largest absolute Gasteiger partial charge is 0.456 e. The van der Waals surface area contributed by atoms with Gasteiger partial charge in [-0.15, -0.1) is 0 Å². The molecule has 0 amide bonds. The third-order valence-corrected chi connectivity index (χ3v) is 10.4. The third-order valence-electron chi connectivity index (χ3n) is 10.4. The summed E-state index contributed by atoms with van der Waals surface area (Å²) in [7, 11) is 0. The van der Waals surface area contributed by atoms with Crippen molar-refractivity contribution in [2.24, 2.45) is 0 Å². The van der Waals surface area contributed by atoms with E-state index < -0.39 is 0 Å². The van der Waals surface area contributed by atoms with Gasteiger partial charge < -0.3 is 8.98 Å². The summed E-state index contributed by atoms with van der Waals surface area (Å²) >= 11 is 0. The Morgan fingerprint density at radius 3 is 1.96 bits per heavy atom. The number of hydrogen-bond acceptors (Lipinski definition) is 3. The van der Waals surface area contributed by atoms with Crippen LogP contribution in [-0.2, 0) is 0 Å². The fourth-order valence-electron chi connectivity index (χ4n) is 7.93. The van der Waals surface area contributed by atoms with Crippen molar-refractivity contribution >= 4 is 65.4 Å². The Bertz CT molecular complexity index is 3180. The molecule has 0 unspecified atom stereocenters. The number of benzene rings is 8. The molecule has 0 saturated carbocycles. The van der Waals surface area contributed by atoms with Gasteiger partial charge in [-0.25, -0.2) is 9.97 Å². The van der Waals surface area contributed by atoms with Gasteiger partial charge in [-0.3, -0.25) is 0 Å². The number of aromatic nitrogens is 3. The average molecular weight is 664 g/mol. The van der Waals surface area contributed by atoms with Crippen molar-refractivity contribution in [2.45, 2.75) is 0 Å². The van der Waals surface area contributed by atoms with Gasteiger partial charge in [0.05, 0.1) is 27.6 Å². The molecule has 11 rings (SSSR count). The number of rotatable bonds is 4. The smallest absolute Gasteiger partial charge is 0.160 e.